The van der Waals surface area contributed by atoms with Crippen LogP contribution in [0.15, 0.2) is 0 Å². The van der Waals surface area contributed by atoms with Crippen molar-refractivity contribution in [3.63, 3.8) is 0 Å². The third-order valence-corrected chi connectivity index (χ3v) is 3.36. The number of rotatable bonds is 2. The molecule has 80 valence electrons. The number of hydrogen-bond acceptors (Lipinski definition) is 3. The van der Waals surface area contributed by atoms with E-state index in [0.717, 1.165) is 37.7 Å². The molecule has 0 atom stereocenters. The molecular weight excluding hydrogens is 186 g/mol. The standard InChI is InChI=1S/C12H17N3/c1-8-10-4-5-13-7-11(10)15-12(14-8)6-9-2-3-9/h9,13H,2-7H2,1H3. The van der Waals surface area contributed by atoms with Crippen molar-refractivity contribution in [2.24, 2.45) is 5.92 Å². The van der Waals surface area contributed by atoms with Crippen molar-refractivity contribution >= 4 is 0 Å². The van der Waals surface area contributed by atoms with Crippen molar-refractivity contribution < 1.29 is 0 Å². The number of nitrogens with one attached hydrogen (secondary N) is 1. The van der Waals surface area contributed by atoms with Crippen LogP contribution in [0.25, 0.3) is 0 Å². The van der Waals surface area contributed by atoms with E-state index in [2.05, 4.69) is 22.2 Å². The minimum Gasteiger partial charge on any atom is -0.311 e. The molecule has 3 heteroatoms. The molecule has 1 N–H and O–H groups in total. The molecular formula is C12H17N3. The van der Waals surface area contributed by atoms with Crippen LogP contribution in [-0.2, 0) is 19.4 Å². The molecule has 3 rings (SSSR count). The van der Waals surface area contributed by atoms with Gasteiger partial charge in [-0.05, 0) is 44.2 Å². The third kappa shape index (κ3) is 1.88. The highest BCUT2D eigenvalue weighted by Gasteiger charge is 2.24. The molecule has 1 aliphatic heterocycles. The van der Waals surface area contributed by atoms with Crippen molar-refractivity contribution in [3.8, 4) is 0 Å². The van der Waals surface area contributed by atoms with E-state index in [0.29, 0.717) is 0 Å². The average molecular weight is 203 g/mol. The van der Waals surface area contributed by atoms with Gasteiger partial charge in [-0.2, -0.15) is 0 Å². The maximum Gasteiger partial charge on any atom is 0.129 e. The second kappa shape index (κ2) is 3.56. The Hall–Kier alpha value is -0.960. The molecule has 2 aliphatic rings. The van der Waals surface area contributed by atoms with Gasteiger partial charge in [0.2, 0.25) is 0 Å². The van der Waals surface area contributed by atoms with Crippen LogP contribution in [0.3, 0.4) is 0 Å². The summed E-state index contributed by atoms with van der Waals surface area (Å²) in [6.45, 7) is 4.12. The number of aromatic nitrogens is 2. The summed E-state index contributed by atoms with van der Waals surface area (Å²) < 4.78 is 0. The molecule has 15 heavy (non-hydrogen) atoms. The van der Waals surface area contributed by atoms with Crippen LogP contribution < -0.4 is 5.32 Å². The number of fused-ring (bicyclic) bond motifs is 1. The number of nitrogens with zero attached hydrogens (tertiary/aromatic N) is 2. The van der Waals surface area contributed by atoms with E-state index < -0.39 is 0 Å². The molecule has 1 saturated carbocycles. The summed E-state index contributed by atoms with van der Waals surface area (Å²) >= 11 is 0. The lowest BCUT2D eigenvalue weighted by Gasteiger charge is -2.18. The first-order chi connectivity index (χ1) is 7.33. The number of aryl methyl sites for hydroxylation is 1. The zero-order valence-corrected chi connectivity index (χ0v) is 9.21. The van der Waals surface area contributed by atoms with Crippen LogP contribution in [0.4, 0.5) is 0 Å². The fraction of sp³-hybridized carbons (Fsp3) is 0.667. The van der Waals surface area contributed by atoms with Crippen LogP contribution >= 0.6 is 0 Å². The first kappa shape index (κ1) is 9.28. The molecule has 2 heterocycles. The first-order valence-electron chi connectivity index (χ1n) is 5.89. The monoisotopic (exact) mass is 203 g/mol. The minimum atomic E-state index is 0.874. The summed E-state index contributed by atoms with van der Waals surface area (Å²) in [5.74, 6) is 1.94. The van der Waals surface area contributed by atoms with Crippen molar-refractivity contribution in [2.45, 2.75) is 39.2 Å². The largest absolute Gasteiger partial charge is 0.311 e. The van der Waals surface area contributed by atoms with Gasteiger partial charge >= 0.3 is 0 Å². The predicted octanol–water partition coefficient (Wildman–Crippen LogP) is 1.38. The Labute approximate surface area is 90.3 Å². The molecule has 1 fully saturated rings. The summed E-state index contributed by atoms with van der Waals surface area (Å²) in [6, 6.07) is 0. The van der Waals surface area contributed by atoms with Crippen molar-refractivity contribution in [1.82, 2.24) is 15.3 Å². The highest BCUT2D eigenvalue weighted by molar-refractivity contribution is 5.27. The lowest BCUT2D eigenvalue weighted by molar-refractivity contribution is 0.607. The average Bonchev–Trinajstić information content (AvgIpc) is 3.02. The van der Waals surface area contributed by atoms with Gasteiger partial charge in [0.25, 0.3) is 0 Å². The van der Waals surface area contributed by atoms with E-state index in [4.69, 9.17) is 0 Å². The van der Waals surface area contributed by atoms with E-state index in [-0.39, 0.29) is 0 Å². The predicted molar refractivity (Wildman–Crippen MR) is 58.6 cm³/mol. The van der Waals surface area contributed by atoms with Gasteiger partial charge in [-0.3, -0.25) is 0 Å². The van der Waals surface area contributed by atoms with Crippen molar-refractivity contribution in [2.75, 3.05) is 6.54 Å². The van der Waals surface area contributed by atoms with E-state index in [1.165, 1.54) is 29.8 Å². The zero-order chi connectivity index (χ0) is 10.3. The van der Waals surface area contributed by atoms with Gasteiger partial charge < -0.3 is 5.32 Å². The van der Waals surface area contributed by atoms with E-state index in [1.807, 2.05) is 0 Å². The third-order valence-electron chi connectivity index (χ3n) is 3.36. The van der Waals surface area contributed by atoms with E-state index in [1.54, 1.807) is 0 Å². The Morgan fingerprint density at radius 1 is 1.33 bits per heavy atom. The Morgan fingerprint density at radius 2 is 2.20 bits per heavy atom. The topological polar surface area (TPSA) is 37.8 Å². The summed E-state index contributed by atoms with van der Waals surface area (Å²) in [5, 5.41) is 3.37. The van der Waals surface area contributed by atoms with Gasteiger partial charge in [0.1, 0.15) is 5.82 Å². The fourth-order valence-corrected chi connectivity index (χ4v) is 2.28. The lowest BCUT2D eigenvalue weighted by Crippen LogP contribution is -2.26. The second-order valence-corrected chi connectivity index (χ2v) is 4.72. The highest BCUT2D eigenvalue weighted by Crippen LogP contribution is 2.32. The SMILES string of the molecule is Cc1nc(CC2CC2)nc2c1CCNC2. The summed E-state index contributed by atoms with van der Waals surface area (Å²) in [4.78, 5) is 9.31. The van der Waals surface area contributed by atoms with E-state index >= 15 is 0 Å². The summed E-state index contributed by atoms with van der Waals surface area (Å²) in [7, 11) is 0. The van der Waals surface area contributed by atoms with Crippen LogP contribution in [0, 0.1) is 12.8 Å². The maximum absolute atomic E-state index is 4.68. The lowest BCUT2D eigenvalue weighted by atomic mass is 10.0. The Kier molecular flexibility index (Phi) is 2.20. The molecule has 1 aromatic rings. The normalized spacial score (nSPS) is 20.1. The van der Waals surface area contributed by atoms with E-state index in [9.17, 15) is 0 Å². The highest BCUT2D eigenvalue weighted by atomic mass is 15.0. The van der Waals surface area contributed by atoms with Crippen molar-refractivity contribution in [1.29, 1.82) is 0 Å². The quantitative estimate of drug-likeness (QED) is 0.789. The molecule has 0 unspecified atom stereocenters. The van der Waals surface area contributed by atoms with Gasteiger partial charge in [0.05, 0.1) is 5.69 Å². The van der Waals surface area contributed by atoms with Crippen LogP contribution in [-0.4, -0.2) is 16.5 Å². The van der Waals surface area contributed by atoms with Gasteiger partial charge in [-0.1, -0.05) is 0 Å². The van der Waals surface area contributed by atoms with Gasteiger partial charge in [0, 0.05) is 18.7 Å². The summed E-state index contributed by atoms with van der Waals surface area (Å²) in [5.41, 5.74) is 3.83. The first-order valence-corrected chi connectivity index (χ1v) is 5.89. The van der Waals surface area contributed by atoms with Gasteiger partial charge in [-0.15, -0.1) is 0 Å². The summed E-state index contributed by atoms with van der Waals surface area (Å²) in [6.07, 6.45) is 4.93. The second-order valence-electron chi connectivity index (χ2n) is 4.72. The molecule has 0 saturated heterocycles. The minimum absolute atomic E-state index is 0.874. The Morgan fingerprint density at radius 3 is 3.00 bits per heavy atom. The molecule has 3 nitrogen and oxygen atoms in total. The zero-order valence-electron chi connectivity index (χ0n) is 9.21. The Bertz CT molecular complexity index is 383. The maximum atomic E-state index is 4.68. The van der Waals surface area contributed by atoms with Gasteiger partial charge in [0.15, 0.2) is 0 Å². The molecule has 0 spiro atoms. The molecule has 1 aromatic heterocycles. The smallest absolute Gasteiger partial charge is 0.129 e. The molecule has 0 amide bonds. The molecule has 0 aromatic carbocycles. The molecule has 1 aliphatic carbocycles. The van der Waals surface area contributed by atoms with Crippen molar-refractivity contribution in [3.05, 3.63) is 22.8 Å². The number of hydrogen-bond donors (Lipinski definition) is 1. The fourth-order valence-electron chi connectivity index (χ4n) is 2.28. The van der Waals surface area contributed by atoms with Gasteiger partial charge in [-0.25, -0.2) is 9.97 Å². The molecule has 0 radical (unpaired) electrons. The van der Waals surface area contributed by atoms with Crippen LogP contribution in [0.1, 0.15) is 35.6 Å². The van der Waals surface area contributed by atoms with Crippen LogP contribution in [0.5, 0.6) is 0 Å². The molecule has 0 bridgehead atoms. The van der Waals surface area contributed by atoms with Crippen LogP contribution in [0.2, 0.25) is 0 Å². The Balaban J connectivity index is 1.92.